The van der Waals surface area contributed by atoms with E-state index in [0.717, 1.165) is 44.0 Å². The largest absolute Gasteiger partial charge is 0.457 e. The van der Waals surface area contributed by atoms with E-state index in [4.69, 9.17) is 4.74 Å². The zero-order valence-corrected chi connectivity index (χ0v) is 17.9. The summed E-state index contributed by atoms with van der Waals surface area (Å²) in [7, 11) is 0. The van der Waals surface area contributed by atoms with Gasteiger partial charge in [0.15, 0.2) is 0 Å². The number of ether oxygens (including phenoxy) is 1. The monoisotopic (exact) mass is 418 g/mol. The Morgan fingerprint density at radius 1 is 1.06 bits per heavy atom. The number of β-amino-alcohol motifs (C(OH)–C–C–N with tert-alkyl or cyclic N) is 1. The number of aliphatic hydroxyl groups excluding tert-OH is 1. The van der Waals surface area contributed by atoms with Crippen LogP contribution in [-0.2, 0) is 0 Å². The first kappa shape index (κ1) is 20.3. The Hall–Kier alpha value is -2.63. The van der Waals surface area contributed by atoms with E-state index >= 15 is 0 Å². The summed E-state index contributed by atoms with van der Waals surface area (Å²) >= 11 is 0. The minimum atomic E-state index is -0.416. The second-order valence-electron chi connectivity index (χ2n) is 8.99. The number of aliphatic hydroxyl groups is 1. The van der Waals surface area contributed by atoms with E-state index in [1.165, 1.54) is 11.1 Å². The number of likely N-dealkylation sites (tertiary alicyclic amines) is 2. The van der Waals surface area contributed by atoms with Gasteiger partial charge in [-0.25, -0.2) is 0 Å². The molecule has 5 heteroatoms. The van der Waals surface area contributed by atoms with Gasteiger partial charge >= 0.3 is 0 Å². The molecule has 162 valence electrons. The molecule has 3 aliphatic heterocycles. The number of hydrogen-bond acceptors (Lipinski definition) is 4. The predicted octanol–water partition coefficient (Wildman–Crippen LogP) is 4.03. The number of rotatable bonds is 4. The van der Waals surface area contributed by atoms with Crippen LogP contribution in [0.5, 0.6) is 11.5 Å². The Morgan fingerprint density at radius 3 is 2.58 bits per heavy atom. The van der Waals surface area contributed by atoms with Crippen molar-refractivity contribution >= 4 is 5.91 Å². The van der Waals surface area contributed by atoms with Crippen LogP contribution >= 0.6 is 0 Å². The zero-order chi connectivity index (χ0) is 21.4. The number of amides is 1. The van der Waals surface area contributed by atoms with Gasteiger partial charge in [-0.1, -0.05) is 30.3 Å². The van der Waals surface area contributed by atoms with Crippen LogP contribution < -0.4 is 4.74 Å². The Kier molecular flexibility index (Phi) is 5.55. The molecule has 2 fully saturated rings. The van der Waals surface area contributed by atoms with Crippen molar-refractivity contribution < 1.29 is 14.6 Å². The van der Waals surface area contributed by atoms with Crippen molar-refractivity contribution in [3.63, 3.8) is 0 Å². The van der Waals surface area contributed by atoms with E-state index in [1.54, 1.807) is 4.90 Å². The fourth-order valence-electron chi connectivity index (χ4n) is 5.40. The van der Waals surface area contributed by atoms with Crippen LogP contribution in [0.3, 0.4) is 0 Å². The molecule has 3 aliphatic rings. The van der Waals surface area contributed by atoms with Gasteiger partial charge < -0.3 is 14.7 Å². The molecule has 0 spiro atoms. The highest BCUT2D eigenvalue weighted by Crippen LogP contribution is 2.49. The molecular weight excluding hydrogens is 388 g/mol. The molecule has 31 heavy (non-hydrogen) atoms. The summed E-state index contributed by atoms with van der Waals surface area (Å²) in [5.41, 5.74) is 3.06. The van der Waals surface area contributed by atoms with Crippen LogP contribution in [0.15, 0.2) is 55.1 Å². The predicted molar refractivity (Wildman–Crippen MR) is 121 cm³/mol. The zero-order valence-electron chi connectivity index (χ0n) is 17.9. The molecule has 0 aliphatic carbocycles. The maximum absolute atomic E-state index is 13.0. The summed E-state index contributed by atoms with van der Waals surface area (Å²) in [6.45, 7) is 8.00. The number of para-hydroxylation sites is 1. The van der Waals surface area contributed by atoms with E-state index < -0.39 is 6.10 Å². The minimum absolute atomic E-state index is 0.0314. The molecule has 2 aromatic carbocycles. The first-order valence-electron chi connectivity index (χ1n) is 11.4. The first-order chi connectivity index (χ1) is 15.1. The number of nitrogens with zero attached hydrogens (tertiary/aromatic N) is 2. The summed E-state index contributed by atoms with van der Waals surface area (Å²) in [5, 5.41) is 9.80. The van der Waals surface area contributed by atoms with E-state index in [0.29, 0.717) is 31.0 Å². The maximum Gasteiger partial charge on any atom is 0.254 e. The lowest BCUT2D eigenvalue weighted by Crippen LogP contribution is -2.36. The smallest absolute Gasteiger partial charge is 0.254 e. The highest BCUT2D eigenvalue weighted by Gasteiger charge is 2.36. The number of benzene rings is 2. The van der Waals surface area contributed by atoms with Crippen LogP contribution in [0, 0.1) is 5.92 Å². The third-order valence-electron chi connectivity index (χ3n) is 7.01. The van der Waals surface area contributed by atoms with Crippen LogP contribution in [0.4, 0.5) is 0 Å². The molecule has 0 radical (unpaired) electrons. The van der Waals surface area contributed by atoms with Crippen molar-refractivity contribution in [2.45, 2.75) is 31.3 Å². The third-order valence-corrected chi connectivity index (χ3v) is 7.01. The van der Waals surface area contributed by atoms with E-state index in [9.17, 15) is 9.90 Å². The second kappa shape index (κ2) is 8.48. The van der Waals surface area contributed by atoms with Gasteiger partial charge in [-0.3, -0.25) is 9.69 Å². The highest BCUT2D eigenvalue weighted by molar-refractivity contribution is 5.95. The summed E-state index contributed by atoms with van der Waals surface area (Å²) < 4.78 is 6.29. The summed E-state index contributed by atoms with van der Waals surface area (Å²) in [6, 6.07) is 14.2. The number of carbonyl (C=O) groups excluding carboxylic acids is 1. The molecule has 0 saturated carbocycles. The van der Waals surface area contributed by atoms with E-state index in [2.05, 4.69) is 29.7 Å². The highest BCUT2D eigenvalue weighted by atomic mass is 16.5. The van der Waals surface area contributed by atoms with E-state index in [-0.39, 0.29) is 11.8 Å². The van der Waals surface area contributed by atoms with Crippen molar-refractivity contribution in [2.24, 2.45) is 5.92 Å². The topological polar surface area (TPSA) is 53.0 Å². The third kappa shape index (κ3) is 3.88. The molecule has 2 unspecified atom stereocenters. The molecule has 1 amide bonds. The molecule has 5 nitrogen and oxygen atoms in total. The average molecular weight is 419 g/mol. The molecule has 2 saturated heterocycles. The SMILES string of the molecule is C=CCN1CCC(C2c3ccccc3Oc3cc(C(=O)N4CCC(O)C4)ccc32)CC1. The number of piperidine rings is 1. The quantitative estimate of drug-likeness (QED) is 0.762. The lowest BCUT2D eigenvalue weighted by molar-refractivity contribution is 0.0764. The molecule has 1 N–H and O–H groups in total. The van der Waals surface area contributed by atoms with Crippen LogP contribution in [0.25, 0.3) is 0 Å². The maximum atomic E-state index is 13.0. The van der Waals surface area contributed by atoms with Crippen molar-refractivity contribution in [3.05, 3.63) is 71.8 Å². The Labute approximate surface area is 183 Å². The Bertz CT molecular complexity index is 980. The van der Waals surface area contributed by atoms with Crippen LogP contribution in [-0.4, -0.2) is 59.6 Å². The van der Waals surface area contributed by atoms with Gasteiger partial charge in [-0.05, 0) is 56.5 Å². The second-order valence-corrected chi connectivity index (χ2v) is 8.99. The lowest BCUT2D eigenvalue weighted by atomic mass is 9.74. The minimum Gasteiger partial charge on any atom is -0.457 e. The molecule has 0 aromatic heterocycles. The summed E-state index contributed by atoms with van der Waals surface area (Å²) in [6.07, 6.45) is 4.49. The van der Waals surface area contributed by atoms with Gasteiger partial charge in [0, 0.05) is 42.2 Å². The van der Waals surface area contributed by atoms with Gasteiger partial charge in [0.2, 0.25) is 0 Å². The lowest BCUT2D eigenvalue weighted by Gasteiger charge is -2.39. The normalized spacial score (nSPS) is 23.7. The van der Waals surface area contributed by atoms with Gasteiger partial charge in [-0.2, -0.15) is 0 Å². The fourth-order valence-corrected chi connectivity index (χ4v) is 5.40. The molecule has 2 aromatic rings. The molecule has 0 bridgehead atoms. The van der Waals surface area contributed by atoms with Gasteiger partial charge in [0.25, 0.3) is 5.91 Å². The Morgan fingerprint density at radius 2 is 1.84 bits per heavy atom. The Balaban J connectivity index is 1.45. The standard InChI is InChI=1S/C26H30N2O3/c1-2-12-27-13-9-18(10-14-27)25-21-5-3-4-6-23(21)31-24-16-19(7-8-22(24)25)26(30)28-15-11-20(29)17-28/h2-8,16,18,20,25,29H,1,9-15,17H2. The molecule has 2 atom stereocenters. The van der Waals surface area contributed by atoms with Crippen LogP contribution in [0.1, 0.15) is 46.7 Å². The van der Waals surface area contributed by atoms with Crippen molar-refractivity contribution in [1.29, 1.82) is 0 Å². The van der Waals surface area contributed by atoms with Crippen LogP contribution in [0.2, 0.25) is 0 Å². The first-order valence-corrected chi connectivity index (χ1v) is 11.4. The van der Waals surface area contributed by atoms with Crippen molar-refractivity contribution in [1.82, 2.24) is 9.80 Å². The number of carbonyl (C=O) groups is 1. The number of fused-ring (bicyclic) bond motifs is 2. The van der Waals surface area contributed by atoms with Gasteiger partial charge in [0.05, 0.1) is 6.10 Å². The van der Waals surface area contributed by atoms with Crippen molar-refractivity contribution in [2.75, 3.05) is 32.7 Å². The fraction of sp³-hybridized carbons (Fsp3) is 0.423. The van der Waals surface area contributed by atoms with Gasteiger partial charge in [0.1, 0.15) is 11.5 Å². The molecule has 5 rings (SSSR count). The summed E-state index contributed by atoms with van der Waals surface area (Å²) in [4.78, 5) is 17.1. The molecule has 3 heterocycles. The average Bonchev–Trinajstić information content (AvgIpc) is 3.23. The van der Waals surface area contributed by atoms with Gasteiger partial charge in [-0.15, -0.1) is 6.58 Å². The molecular formula is C26H30N2O3. The summed E-state index contributed by atoms with van der Waals surface area (Å²) in [5.74, 6) is 2.48. The number of hydrogen-bond donors (Lipinski definition) is 1. The van der Waals surface area contributed by atoms with E-state index in [1.807, 2.05) is 30.3 Å². The van der Waals surface area contributed by atoms with Crippen molar-refractivity contribution in [3.8, 4) is 11.5 Å².